The average molecular weight is 213 g/mol. The quantitative estimate of drug-likeness (QED) is 0.667. The normalized spacial score (nSPS) is 21.5. The summed E-state index contributed by atoms with van der Waals surface area (Å²) in [5, 5.41) is 8.55. The van der Waals surface area contributed by atoms with Crippen molar-refractivity contribution in [2.24, 2.45) is 0 Å². The highest BCUT2D eigenvalue weighted by Crippen LogP contribution is 2.18. The summed E-state index contributed by atoms with van der Waals surface area (Å²) in [5.41, 5.74) is 0.736. The summed E-state index contributed by atoms with van der Waals surface area (Å²) >= 11 is 6.33. The Labute approximate surface area is 84.4 Å². The highest BCUT2D eigenvalue weighted by molar-refractivity contribution is 7.80. The molecule has 2 heterocycles. The van der Waals surface area contributed by atoms with Gasteiger partial charge < -0.3 is 10.6 Å². The van der Waals surface area contributed by atoms with Gasteiger partial charge in [-0.15, -0.1) is 11.3 Å². The Morgan fingerprint density at radius 2 is 2.46 bits per heavy atom. The Kier molecular flexibility index (Phi) is 2.01. The van der Waals surface area contributed by atoms with Gasteiger partial charge in [0, 0.05) is 5.38 Å². The van der Waals surface area contributed by atoms with Crippen LogP contribution >= 0.6 is 23.6 Å². The molecular formula is C7H7N3OS2. The molecule has 1 amide bonds. The van der Waals surface area contributed by atoms with Crippen molar-refractivity contribution in [3.05, 3.63) is 16.1 Å². The second kappa shape index (κ2) is 3.04. The van der Waals surface area contributed by atoms with E-state index in [2.05, 4.69) is 15.6 Å². The first-order valence-electron chi connectivity index (χ1n) is 3.70. The third-order valence-corrected chi connectivity index (χ3v) is 2.72. The molecule has 0 bridgehead atoms. The van der Waals surface area contributed by atoms with Crippen LogP contribution in [0.1, 0.15) is 16.7 Å². The second-order valence-electron chi connectivity index (χ2n) is 2.69. The minimum atomic E-state index is -0.405. The van der Waals surface area contributed by atoms with Gasteiger partial charge in [-0.3, -0.25) is 4.79 Å². The van der Waals surface area contributed by atoms with Crippen LogP contribution in [-0.4, -0.2) is 16.0 Å². The fourth-order valence-corrected chi connectivity index (χ4v) is 1.99. The lowest BCUT2D eigenvalue weighted by Crippen LogP contribution is -2.21. The van der Waals surface area contributed by atoms with Crippen molar-refractivity contribution in [2.75, 3.05) is 0 Å². The van der Waals surface area contributed by atoms with Gasteiger partial charge in [0.05, 0.1) is 10.7 Å². The van der Waals surface area contributed by atoms with E-state index in [4.69, 9.17) is 12.2 Å². The van der Waals surface area contributed by atoms with Crippen LogP contribution in [0, 0.1) is 6.92 Å². The SMILES string of the molecule is Cc1nc(C2NC(=S)NC2=O)cs1. The molecular weight excluding hydrogens is 206 g/mol. The van der Waals surface area contributed by atoms with Crippen LogP contribution in [0.3, 0.4) is 0 Å². The van der Waals surface area contributed by atoms with E-state index in [1.165, 1.54) is 11.3 Å². The van der Waals surface area contributed by atoms with E-state index in [1.54, 1.807) is 0 Å². The number of rotatable bonds is 1. The van der Waals surface area contributed by atoms with E-state index in [-0.39, 0.29) is 5.91 Å². The van der Waals surface area contributed by atoms with Gasteiger partial charge in [-0.2, -0.15) is 0 Å². The summed E-state index contributed by atoms with van der Waals surface area (Å²) in [6.45, 7) is 1.90. The number of hydrogen-bond donors (Lipinski definition) is 2. The van der Waals surface area contributed by atoms with Crippen molar-refractivity contribution < 1.29 is 4.79 Å². The van der Waals surface area contributed by atoms with Gasteiger partial charge in [-0.25, -0.2) is 4.98 Å². The molecule has 2 rings (SSSR count). The highest BCUT2D eigenvalue weighted by atomic mass is 32.1. The maximum absolute atomic E-state index is 11.3. The summed E-state index contributed by atoms with van der Waals surface area (Å²) in [6.07, 6.45) is 0. The summed E-state index contributed by atoms with van der Waals surface area (Å²) in [5.74, 6) is -0.129. The van der Waals surface area contributed by atoms with Crippen molar-refractivity contribution in [1.82, 2.24) is 15.6 Å². The predicted octanol–water partition coefficient (Wildman–Crippen LogP) is 0.497. The minimum Gasteiger partial charge on any atom is -0.346 e. The number of carbonyl (C=O) groups excluding carboxylic acids is 1. The number of nitrogens with one attached hydrogen (secondary N) is 2. The van der Waals surface area contributed by atoms with Gasteiger partial charge in [0.15, 0.2) is 11.2 Å². The molecule has 6 heteroatoms. The Hall–Kier alpha value is -1.01. The van der Waals surface area contributed by atoms with Crippen LogP contribution in [0.5, 0.6) is 0 Å². The fourth-order valence-electron chi connectivity index (χ4n) is 1.14. The molecule has 0 saturated carbocycles. The molecule has 1 aliphatic rings. The van der Waals surface area contributed by atoms with Gasteiger partial charge in [0.1, 0.15) is 0 Å². The Morgan fingerprint density at radius 3 is 2.92 bits per heavy atom. The fraction of sp³-hybridized carbons (Fsp3) is 0.286. The number of thiazole rings is 1. The van der Waals surface area contributed by atoms with E-state index in [9.17, 15) is 4.79 Å². The molecule has 13 heavy (non-hydrogen) atoms. The van der Waals surface area contributed by atoms with Gasteiger partial charge in [-0.05, 0) is 19.1 Å². The number of aryl methyl sites for hydroxylation is 1. The largest absolute Gasteiger partial charge is 0.346 e. The molecule has 0 aliphatic carbocycles. The lowest BCUT2D eigenvalue weighted by molar-refractivity contribution is -0.120. The van der Waals surface area contributed by atoms with Gasteiger partial charge in [0.25, 0.3) is 5.91 Å². The van der Waals surface area contributed by atoms with Crippen LogP contribution in [0.4, 0.5) is 0 Å². The standard InChI is InChI=1S/C7H7N3OS2/c1-3-8-4(2-13-3)5-6(11)10-7(12)9-5/h2,5H,1H3,(H2,9,10,11,12). The van der Waals surface area contributed by atoms with Crippen LogP contribution < -0.4 is 10.6 Å². The molecule has 1 aliphatic heterocycles. The molecule has 4 nitrogen and oxygen atoms in total. The molecule has 1 atom stereocenters. The van der Waals surface area contributed by atoms with E-state index < -0.39 is 6.04 Å². The van der Waals surface area contributed by atoms with Gasteiger partial charge in [-0.1, -0.05) is 0 Å². The molecule has 1 unspecified atom stereocenters. The third kappa shape index (κ3) is 1.54. The number of nitrogens with zero attached hydrogens (tertiary/aromatic N) is 1. The van der Waals surface area contributed by atoms with Crippen molar-refractivity contribution in [3.8, 4) is 0 Å². The average Bonchev–Trinajstić information content (AvgIpc) is 2.58. The molecule has 0 aromatic carbocycles. The number of carbonyl (C=O) groups is 1. The van der Waals surface area contributed by atoms with E-state index in [0.717, 1.165) is 10.7 Å². The van der Waals surface area contributed by atoms with Crippen molar-refractivity contribution in [2.45, 2.75) is 13.0 Å². The first-order valence-corrected chi connectivity index (χ1v) is 4.99. The van der Waals surface area contributed by atoms with E-state index >= 15 is 0 Å². The zero-order chi connectivity index (χ0) is 9.42. The molecule has 0 spiro atoms. The molecule has 1 aromatic rings. The molecule has 1 aromatic heterocycles. The summed E-state index contributed by atoms with van der Waals surface area (Å²) in [4.78, 5) is 15.5. The first kappa shape index (κ1) is 8.58. The lowest BCUT2D eigenvalue weighted by Gasteiger charge is -2.01. The van der Waals surface area contributed by atoms with Crippen LogP contribution in [-0.2, 0) is 4.79 Å². The minimum absolute atomic E-state index is 0.129. The Balaban J connectivity index is 2.27. The molecule has 1 saturated heterocycles. The molecule has 2 N–H and O–H groups in total. The third-order valence-electron chi connectivity index (χ3n) is 1.71. The van der Waals surface area contributed by atoms with E-state index in [1.807, 2.05) is 12.3 Å². The highest BCUT2D eigenvalue weighted by Gasteiger charge is 2.30. The van der Waals surface area contributed by atoms with Gasteiger partial charge >= 0.3 is 0 Å². The van der Waals surface area contributed by atoms with E-state index in [0.29, 0.717) is 5.11 Å². The Morgan fingerprint density at radius 1 is 1.69 bits per heavy atom. The number of thiocarbonyl (C=S) groups is 1. The van der Waals surface area contributed by atoms with Crippen molar-refractivity contribution in [1.29, 1.82) is 0 Å². The summed E-state index contributed by atoms with van der Waals surface area (Å²) < 4.78 is 0. The number of aromatic nitrogens is 1. The molecule has 68 valence electrons. The maximum Gasteiger partial charge on any atom is 0.254 e. The zero-order valence-corrected chi connectivity index (χ0v) is 8.46. The summed E-state index contributed by atoms with van der Waals surface area (Å²) in [7, 11) is 0. The topological polar surface area (TPSA) is 54.0 Å². The predicted molar refractivity (Wildman–Crippen MR) is 53.5 cm³/mol. The summed E-state index contributed by atoms with van der Waals surface area (Å²) in [6, 6.07) is -0.405. The Bertz CT molecular complexity index is 374. The van der Waals surface area contributed by atoms with Crippen LogP contribution in [0.15, 0.2) is 5.38 Å². The second-order valence-corrected chi connectivity index (χ2v) is 4.16. The number of amides is 1. The monoisotopic (exact) mass is 213 g/mol. The van der Waals surface area contributed by atoms with Crippen LogP contribution in [0.2, 0.25) is 0 Å². The van der Waals surface area contributed by atoms with Crippen LogP contribution in [0.25, 0.3) is 0 Å². The van der Waals surface area contributed by atoms with Crippen molar-refractivity contribution >= 4 is 34.6 Å². The zero-order valence-electron chi connectivity index (χ0n) is 6.83. The lowest BCUT2D eigenvalue weighted by atomic mass is 10.2. The maximum atomic E-state index is 11.3. The molecule has 0 radical (unpaired) electrons. The smallest absolute Gasteiger partial charge is 0.254 e. The number of hydrogen-bond acceptors (Lipinski definition) is 4. The molecule has 1 fully saturated rings. The first-order chi connectivity index (χ1) is 6.16. The van der Waals surface area contributed by atoms with Crippen molar-refractivity contribution in [3.63, 3.8) is 0 Å². The van der Waals surface area contributed by atoms with Gasteiger partial charge in [0.2, 0.25) is 0 Å².